The predicted molar refractivity (Wildman–Crippen MR) is 238 cm³/mol. The minimum absolute atomic E-state index is 0.0489. The Hall–Kier alpha value is -6.38. The van der Waals surface area contributed by atoms with Gasteiger partial charge in [0.1, 0.15) is 22.7 Å². The van der Waals surface area contributed by atoms with Gasteiger partial charge in [-0.25, -0.2) is 0 Å². The lowest BCUT2D eigenvalue weighted by molar-refractivity contribution is 0.590. The summed E-state index contributed by atoms with van der Waals surface area (Å²) in [5, 5.41) is 9.04. The molecule has 2 nitrogen and oxygen atoms in total. The molecule has 0 unspecified atom stereocenters. The molecule has 0 aliphatic heterocycles. The molecular weight excluding hydrogens is 681 g/mol. The highest BCUT2D eigenvalue weighted by Gasteiger charge is 2.28. The minimum atomic E-state index is 0.0489. The van der Waals surface area contributed by atoms with Crippen molar-refractivity contribution in [3.8, 4) is 44.9 Å². The molecule has 10 rings (SSSR count). The topological polar surface area (TPSA) is 26.3 Å². The minimum Gasteiger partial charge on any atom is -0.455 e. The molecule has 2 aromatic heterocycles. The van der Waals surface area contributed by atoms with Gasteiger partial charge in [-0.05, 0) is 89.7 Å². The first-order valence-corrected chi connectivity index (χ1v) is 19.7. The van der Waals surface area contributed by atoms with Gasteiger partial charge >= 0.3 is 0 Å². The number of hydrogen-bond donors (Lipinski definition) is 0. The van der Waals surface area contributed by atoms with Gasteiger partial charge in [-0.3, -0.25) is 0 Å². The Morgan fingerprint density at radius 2 is 0.661 bits per heavy atom. The van der Waals surface area contributed by atoms with Crippen LogP contribution in [0, 0.1) is 0 Å². The van der Waals surface area contributed by atoms with Crippen LogP contribution < -0.4 is 0 Å². The molecule has 0 amide bonds. The van der Waals surface area contributed by atoms with Crippen molar-refractivity contribution < 1.29 is 8.83 Å². The molecule has 8 aromatic carbocycles. The van der Waals surface area contributed by atoms with E-state index in [0.29, 0.717) is 0 Å². The second-order valence-electron chi connectivity index (χ2n) is 17.3. The summed E-state index contributed by atoms with van der Waals surface area (Å²) >= 11 is 0. The van der Waals surface area contributed by atoms with Crippen molar-refractivity contribution in [1.82, 2.24) is 0 Å². The molecule has 272 valence electrons. The van der Waals surface area contributed by atoms with Crippen LogP contribution in [-0.4, -0.2) is 0 Å². The Morgan fingerprint density at radius 3 is 1.04 bits per heavy atom. The summed E-state index contributed by atoms with van der Waals surface area (Å²) in [4.78, 5) is 0. The standard InChI is InChI=1S/C54H44O2/c1-53(2,3)37-27-23-33(24-28-37)47-41-19-11-13-21-45(41)55-51(47)49-39-17-9-10-18-40(39)50(44-32-36-16-8-7-15-35(36)31-43(44)49)52-48(42-20-12-14-22-46(42)56-52)34-25-29-38(30-26-34)54(4,5)6/h7-32H,1-6H3. The lowest BCUT2D eigenvalue weighted by Crippen LogP contribution is -2.10. The second kappa shape index (κ2) is 12.6. The van der Waals surface area contributed by atoms with E-state index in [1.54, 1.807) is 0 Å². The third kappa shape index (κ3) is 5.46. The van der Waals surface area contributed by atoms with E-state index in [4.69, 9.17) is 8.83 Å². The van der Waals surface area contributed by atoms with E-state index in [-0.39, 0.29) is 10.8 Å². The summed E-state index contributed by atoms with van der Waals surface area (Å²) in [6.07, 6.45) is 0. The fourth-order valence-corrected chi connectivity index (χ4v) is 8.64. The molecule has 0 saturated carbocycles. The number of furan rings is 2. The Kier molecular flexibility index (Phi) is 7.67. The van der Waals surface area contributed by atoms with Crippen molar-refractivity contribution in [2.24, 2.45) is 0 Å². The second-order valence-corrected chi connectivity index (χ2v) is 17.3. The molecule has 2 heterocycles. The first-order valence-electron chi connectivity index (χ1n) is 19.7. The third-order valence-corrected chi connectivity index (χ3v) is 11.6. The predicted octanol–water partition coefficient (Wildman–Crippen LogP) is 15.9. The fourth-order valence-electron chi connectivity index (χ4n) is 8.64. The van der Waals surface area contributed by atoms with Crippen LogP contribution >= 0.6 is 0 Å². The van der Waals surface area contributed by atoms with E-state index in [1.165, 1.54) is 21.9 Å². The molecule has 56 heavy (non-hydrogen) atoms. The van der Waals surface area contributed by atoms with Gasteiger partial charge in [0.2, 0.25) is 0 Å². The monoisotopic (exact) mass is 724 g/mol. The molecule has 0 radical (unpaired) electrons. The zero-order chi connectivity index (χ0) is 38.3. The lowest BCUT2D eigenvalue weighted by Gasteiger charge is -2.20. The number of hydrogen-bond acceptors (Lipinski definition) is 2. The van der Waals surface area contributed by atoms with E-state index < -0.39 is 0 Å². The van der Waals surface area contributed by atoms with Gasteiger partial charge < -0.3 is 8.83 Å². The maximum atomic E-state index is 7.07. The molecule has 0 N–H and O–H groups in total. The van der Waals surface area contributed by atoms with Gasteiger partial charge in [0, 0.05) is 33.0 Å². The van der Waals surface area contributed by atoms with Gasteiger partial charge in [0.25, 0.3) is 0 Å². The quantitative estimate of drug-likeness (QED) is 0.169. The molecule has 0 bridgehead atoms. The summed E-state index contributed by atoms with van der Waals surface area (Å²) in [6, 6.07) is 57.2. The molecular formula is C54H44O2. The lowest BCUT2D eigenvalue weighted by atomic mass is 9.83. The van der Waals surface area contributed by atoms with Gasteiger partial charge in [0.15, 0.2) is 0 Å². The molecule has 2 heteroatoms. The first-order chi connectivity index (χ1) is 27.0. The Balaban J connectivity index is 1.34. The molecule has 10 aromatic rings. The van der Waals surface area contributed by atoms with Crippen molar-refractivity contribution >= 4 is 54.3 Å². The number of benzene rings is 8. The molecule has 0 fully saturated rings. The first kappa shape index (κ1) is 34.1. The van der Waals surface area contributed by atoms with E-state index in [2.05, 4.69) is 199 Å². The SMILES string of the molecule is CC(C)(C)c1ccc(-c2c(-c3c4ccccc4c(-c4oc5ccccc5c4-c4ccc(C(C)(C)C)cc4)c4cc5ccccc5cc34)oc3ccccc23)cc1. The number of para-hydroxylation sites is 2. The fraction of sp³-hybridized carbons (Fsp3) is 0.148. The van der Waals surface area contributed by atoms with E-state index >= 15 is 0 Å². The van der Waals surface area contributed by atoms with Gasteiger partial charge in [-0.1, -0.05) is 175 Å². The van der Waals surface area contributed by atoms with Crippen molar-refractivity contribution in [2.75, 3.05) is 0 Å². The summed E-state index contributed by atoms with van der Waals surface area (Å²) in [6.45, 7) is 13.6. The highest BCUT2D eigenvalue weighted by molar-refractivity contribution is 6.26. The van der Waals surface area contributed by atoms with Crippen molar-refractivity contribution in [1.29, 1.82) is 0 Å². The average Bonchev–Trinajstić information content (AvgIpc) is 3.77. The van der Waals surface area contributed by atoms with Crippen LogP contribution in [0.5, 0.6) is 0 Å². The van der Waals surface area contributed by atoms with Crippen LogP contribution in [0.15, 0.2) is 167 Å². The van der Waals surface area contributed by atoms with Crippen LogP contribution in [0.25, 0.3) is 99.2 Å². The van der Waals surface area contributed by atoms with Crippen LogP contribution in [0.2, 0.25) is 0 Å². The van der Waals surface area contributed by atoms with E-state index in [9.17, 15) is 0 Å². The summed E-state index contributed by atoms with van der Waals surface area (Å²) < 4.78 is 14.1. The number of rotatable bonds is 4. The van der Waals surface area contributed by atoms with Crippen molar-refractivity contribution in [3.63, 3.8) is 0 Å². The third-order valence-electron chi connectivity index (χ3n) is 11.6. The highest BCUT2D eigenvalue weighted by Crippen LogP contribution is 2.52. The highest BCUT2D eigenvalue weighted by atomic mass is 16.3. The normalized spacial score (nSPS) is 12.5. The van der Waals surface area contributed by atoms with Crippen LogP contribution in [0.4, 0.5) is 0 Å². The average molecular weight is 725 g/mol. The molecule has 0 atom stereocenters. The smallest absolute Gasteiger partial charge is 0.144 e. The summed E-state index contributed by atoms with van der Waals surface area (Å²) in [5.74, 6) is 1.75. The Bertz CT molecular complexity index is 2910. The van der Waals surface area contributed by atoms with Crippen LogP contribution in [0.3, 0.4) is 0 Å². The molecule has 0 aliphatic carbocycles. The maximum absolute atomic E-state index is 7.07. The summed E-state index contributed by atoms with van der Waals surface area (Å²) in [5.41, 5.74) is 11.1. The Morgan fingerprint density at radius 1 is 0.321 bits per heavy atom. The van der Waals surface area contributed by atoms with E-state index in [0.717, 1.165) is 88.4 Å². The zero-order valence-electron chi connectivity index (χ0n) is 32.8. The maximum Gasteiger partial charge on any atom is 0.144 e. The molecule has 0 saturated heterocycles. The van der Waals surface area contributed by atoms with Crippen molar-refractivity contribution in [2.45, 2.75) is 52.4 Å². The number of fused-ring (bicyclic) bond motifs is 5. The zero-order valence-corrected chi connectivity index (χ0v) is 32.8. The van der Waals surface area contributed by atoms with Gasteiger partial charge in [-0.2, -0.15) is 0 Å². The van der Waals surface area contributed by atoms with Crippen molar-refractivity contribution in [3.05, 3.63) is 169 Å². The van der Waals surface area contributed by atoms with Gasteiger partial charge in [-0.15, -0.1) is 0 Å². The molecule has 0 spiro atoms. The van der Waals surface area contributed by atoms with E-state index in [1.807, 2.05) is 0 Å². The summed E-state index contributed by atoms with van der Waals surface area (Å²) in [7, 11) is 0. The van der Waals surface area contributed by atoms with Crippen LogP contribution in [0.1, 0.15) is 52.7 Å². The van der Waals surface area contributed by atoms with Crippen LogP contribution in [-0.2, 0) is 10.8 Å². The molecule has 0 aliphatic rings. The van der Waals surface area contributed by atoms with Gasteiger partial charge in [0.05, 0.1) is 0 Å². The Labute approximate surface area is 328 Å². The largest absolute Gasteiger partial charge is 0.455 e.